The number of fused-ring (bicyclic) bond motifs is 3. The topological polar surface area (TPSA) is 320 Å². The second kappa shape index (κ2) is 24.6. The van der Waals surface area contributed by atoms with Gasteiger partial charge in [0.05, 0.1) is 29.1 Å². The van der Waals surface area contributed by atoms with Crippen LogP contribution in [0.2, 0.25) is 0 Å². The lowest BCUT2D eigenvalue weighted by atomic mass is 9.45. The van der Waals surface area contributed by atoms with E-state index in [-0.39, 0.29) is 53.6 Å². The molecule has 2 fully saturated rings. The molecular formula is C57H69N3O18. The van der Waals surface area contributed by atoms with E-state index < -0.39 is 149 Å². The molecule has 0 saturated heterocycles. The number of nitrogens with two attached hydrogens (primary N) is 1. The summed E-state index contributed by atoms with van der Waals surface area (Å²) >= 11 is 0. The Bertz CT molecular complexity index is 2770. The monoisotopic (exact) mass is 1080 g/mol. The first kappa shape index (κ1) is 59.9. The Kier molecular flexibility index (Phi) is 18.9. The first-order valence-electron chi connectivity index (χ1n) is 25.6. The van der Waals surface area contributed by atoms with Crippen molar-refractivity contribution < 1.29 is 86.9 Å². The zero-order chi connectivity index (χ0) is 57.5. The summed E-state index contributed by atoms with van der Waals surface area (Å²) in [7, 11) is 1.28. The summed E-state index contributed by atoms with van der Waals surface area (Å²) < 4.78 is 36.7. The van der Waals surface area contributed by atoms with Crippen molar-refractivity contribution in [2.45, 2.75) is 147 Å². The minimum atomic E-state index is -2.58. The van der Waals surface area contributed by atoms with Gasteiger partial charge in [0, 0.05) is 57.6 Å². The van der Waals surface area contributed by atoms with Gasteiger partial charge in [0.2, 0.25) is 12.0 Å². The molecule has 3 aliphatic carbocycles. The summed E-state index contributed by atoms with van der Waals surface area (Å²) in [4.78, 5) is 125. The summed E-state index contributed by atoms with van der Waals surface area (Å²) in [5.41, 5.74) is -2.87. The SMILES string of the molecule is CO[C@@H]1C[C@H](O)[C@@]2(C)C(=O)[C@H](OC(C)=O)C3=C(C)C(OC(=O)[C@H](OC(=O)CCC(NC(=O)CCCN)C(=O)O)[C@@H](NC(=O)c4ccccc4)c4ccccc4)C[C@@](O)([C@@H](OC(=O)c4ccccc4)[C@@H]2[C@@]1(C)OC(C)=O)C3(C)C. The van der Waals surface area contributed by atoms with Gasteiger partial charge in [-0.3, -0.25) is 28.8 Å². The van der Waals surface area contributed by atoms with Crippen LogP contribution in [0.5, 0.6) is 0 Å². The van der Waals surface area contributed by atoms with Gasteiger partial charge in [-0.25, -0.2) is 14.4 Å². The van der Waals surface area contributed by atoms with Crippen LogP contribution in [0, 0.1) is 16.7 Å². The van der Waals surface area contributed by atoms with E-state index in [1.165, 1.54) is 78.1 Å². The summed E-state index contributed by atoms with van der Waals surface area (Å²) in [6.45, 7) is 9.49. The predicted octanol–water partition coefficient (Wildman–Crippen LogP) is 4.01. The minimum Gasteiger partial charge on any atom is -0.480 e. The maximum Gasteiger partial charge on any atom is 0.350 e. The molecule has 6 rings (SSSR count). The van der Waals surface area contributed by atoms with Gasteiger partial charge in [0.1, 0.15) is 35.5 Å². The number of Topliss-reactive ketones (excluding diaryl/α,β-unsaturated/α-hetero) is 1. The Hall–Kier alpha value is -7.33. The lowest BCUT2D eigenvalue weighted by molar-refractivity contribution is -0.282. The fourth-order valence-electron chi connectivity index (χ4n) is 11.5. The Morgan fingerprint density at radius 2 is 1.38 bits per heavy atom. The summed E-state index contributed by atoms with van der Waals surface area (Å²) in [6, 6.07) is 20.2. The molecule has 0 aromatic heterocycles. The zero-order valence-electron chi connectivity index (χ0n) is 44.8. The highest BCUT2D eigenvalue weighted by atomic mass is 16.6. The van der Waals surface area contributed by atoms with E-state index in [2.05, 4.69) is 10.6 Å². The van der Waals surface area contributed by atoms with Gasteiger partial charge < -0.3 is 60.1 Å². The van der Waals surface area contributed by atoms with Crippen LogP contribution in [0.1, 0.15) is 119 Å². The number of aliphatic hydroxyl groups excluding tert-OH is 1. The number of aliphatic hydroxyl groups is 2. The fourth-order valence-corrected chi connectivity index (χ4v) is 11.5. The lowest BCUT2D eigenvalue weighted by Gasteiger charge is -2.64. The van der Waals surface area contributed by atoms with Crippen molar-refractivity contribution >= 4 is 53.4 Å². The largest absolute Gasteiger partial charge is 0.480 e. The smallest absolute Gasteiger partial charge is 0.350 e. The first-order valence-corrected chi connectivity index (χ1v) is 25.6. The molecule has 21 heteroatoms. The molecule has 0 heterocycles. The molecule has 2 unspecified atom stereocenters. The van der Waals surface area contributed by atoms with Crippen LogP contribution >= 0.6 is 0 Å². The average molecular weight is 1080 g/mol. The van der Waals surface area contributed by atoms with Gasteiger partial charge in [-0.15, -0.1) is 0 Å². The number of carbonyl (C=O) groups is 9. The van der Waals surface area contributed by atoms with Crippen LogP contribution in [0.3, 0.4) is 0 Å². The number of carboxylic acid groups (broad SMARTS) is 1. The van der Waals surface area contributed by atoms with Crippen LogP contribution in [0.15, 0.2) is 102 Å². The average Bonchev–Trinajstić information content (AvgIpc) is 3.43. The molecule has 3 aliphatic rings. The molecule has 420 valence electrons. The normalized spacial score (nSPS) is 27.4. The number of ether oxygens (including phenoxy) is 6. The standard InChI is InChI=1S/C57H69N3O18/c1-31-38(75-53(71)46(76-42(65)27-26-37(51(68)69)59-41(64)25-18-28-58)44(34-19-12-9-13-20-34)60-50(67)35-21-14-10-15-22-35)30-57(72)49(77-52(70)36-23-16-11-17-24-36)47-55(6,39(63)29-40(73-8)56(47,7)78-33(3)62)48(66)45(74-32(2)61)43(31)54(57,4)5/h9-17,19-24,37-40,44-47,49,63,72H,18,25-30,58H2,1-8H3,(H,59,64)(H,60,67)(H,68,69)/t37?,38?,39-,40+,44-,45+,46+,47-,49-,55+,56-,57+/m0/s1. The van der Waals surface area contributed by atoms with Crippen LogP contribution in [0.25, 0.3) is 0 Å². The number of carboxylic acids is 1. The van der Waals surface area contributed by atoms with E-state index in [1.54, 1.807) is 54.6 Å². The molecule has 7 N–H and O–H groups in total. The number of rotatable bonds is 20. The van der Waals surface area contributed by atoms with Crippen LogP contribution in [0.4, 0.5) is 0 Å². The highest BCUT2D eigenvalue weighted by Crippen LogP contribution is 2.63. The summed E-state index contributed by atoms with van der Waals surface area (Å²) in [6.07, 6.45) is -12.8. The van der Waals surface area contributed by atoms with Gasteiger partial charge in [-0.2, -0.15) is 0 Å². The summed E-state index contributed by atoms with van der Waals surface area (Å²) in [5.74, 6) is -10.9. The van der Waals surface area contributed by atoms with Crippen molar-refractivity contribution in [2.24, 2.45) is 22.5 Å². The van der Waals surface area contributed by atoms with Crippen molar-refractivity contribution in [2.75, 3.05) is 13.7 Å². The number of esters is 5. The van der Waals surface area contributed by atoms with Crippen molar-refractivity contribution in [3.63, 3.8) is 0 Å². The second-order valence-corrected chi connectivity index (χ2v) is 20.9. The van der Waals surface area contributed by atoms with E-state index in [4.69, 9.17) is 34.2 Å². The van der Waals surface area contributed by atoms with Gasteiger partial charge in [-0.05, 0) is 81.1 Å². The Labute approximate surface area is 451 Å². The zero-order valence-corrected chi connectivity index (χ0v) is 44.8. The Morgan fingerprint density at radius 1 is 0.795 bits per heavy atom. The number of methoxy groups -OCH3 is 1. The fraction of sp³-hybridized carbons (Fsp3) is 0.491. The predicted molar refractivity (Wildman–Crippen MR) is 275 cm³/mol. The van der Waals surface area contributed by atoms with Crippen molar-refractivity contribution in [1.82, 2.24) is 10.6 Å². The first-order chi connectivity index (χ1) is 36.8. The maximum atomic E-state index is 15.8. The van der Waals surface area contributed by atoms with E-state index in [9.17, 15) is 48.9 Å². The molecule has 3 aromatic carbocycles. The van der Waals surface area contributed by atoms with Crippen LogP contribution < -0.4 is 16.4 Å². The lowest BCUT2D eigenvalue weighted by Crippen LogP contribution is -2.77. The molecule has 2 saturated carbocycles. The number of benzene rings is 3. The summed E-state index contributed by atoms with van der Waals surface area (Å²) in [5, 5.41) is 41.5. The number of amides is 2. The van der Waals surface area contributed by atoms with E-state index in [1.807, 2.05) is 0 Å². The number of carbonyl (C=O) groups excluding carboxylic acids is 8. The van der Waals surface area contributed by atoms with Crippen LogP contribution in [-0.2, 0) is 62.0 Å². The molecule has 21 nitrogen and oxygen atoms in total. The third-order valence-corrected chi connectivity index (χ3v) is 15.6. The number of aliphatic carboxylic acids is 1. The highest BCUT2D eigenvalue weighted by molar-refractivity contribution is 5.96. The van der Waals surface area contributed by atoms with E-state index in [0.29, 0.717) is 0 Å². The number of hydrogen-bond acceptors (Lipinski definition) is 18. The maximum absolute atomic E-state index is 15.8. The van der Waals surface area contributed by atoms with Gasteiger partial charge in [0.15, 0.2) is 11.9 Å². The second-order valence-electron chi connectivity index (χ2n) is 20.9. The minimum absolute atomic E-state index is 0.0100. The molecule has 2 amide bonds. The van der Waals surface area contributed by atoms with Crippen LogP contribution in [-0.4, -0.2) is 136 Å². The van der Waals surface area contributed by atoms with Gasteiger partial charge in [-0.1, -0.05) is 80.6 Å². The van der Waals surface area contributed by atoms with Gasteiger partial charge in [0.25, 0.3) is 5.91 Å². The van der Waals surface area contributed by atoms with Crippen molar-refractivity contribution in [1.29, 1.82) is 0 Å². The van der Waals surface area contributed by atoms with Crippen molar-refractivity contribution in [3.05, 3.63) is 119 Å². The molecule has 0 aliphatic heterocycles. The number of nitrogens with one attached hydrogen (secondary N) is 2. The molecular weight excluding hydrogens is 1010 g/mol. The molecule has 0 spiro atoms. The molecule has 78 heavy (non-hydrogen) atoms. The Balaban J connectivity index is 1.55. The molecule has 3 aromatic rings. The quantitative estimate of drug-likeness (QED) is 0.0529. The van der Waals surface area contributed by atoms with E-state index >= 15 is 9.59 Å². The molecule has 0 radical (unpaired) electrons. The van der Waals surface area contributed by atoms with Crippen molar-refractivity contribution in [3.8, 4) is 0 Å². The highest BCUT2D eigenvalue weighted by Gasteiger charge is 2.75. The third kappa shape index (κ3) is 12.2. The number of hydrogen-bond donors (Lipinski definition) is 6. The molecule has 12 atom stereocenters. The Morgan fingerprint density at radius 3 is 1.94 bits per heavy atom. The molecule has 2 bridgehead atoms. The van der Waals surface area contributed by atoms with E-state index in [0.717, 1.165) is 13.8 Å². The number of ketones is 1. The van der Waals surface area contributed by atoms with Gasteiger partial charge >= 0.3 is 35.8 Å². The third-order valence-electron chi connectivity index (χ3n) is 15.6.